The summed E-state index contributed by atoms with van der Waals surface area (Å²) in [5.41, 5.74) is 5.68. The number of hydrogen-bond acceptors (Lipinski definition) is 2. The van der Waals surface area contributed by atoms with Crippen LogP contribution >= 0.6 is 0 Å². The number of nitrogens with one attached hydrogen (secondary N) is 2. The summed E-state index contributed by atoms with van der Waals surface area (Å²) < 4.78 is 0. The smallest absolute Gasteiger partial charge is 0.0478 e. The van der Waals surface area contributed by atoms with Crippen LogP contribution in [0.1, 0.15) is 47.6 Å². The molecule has 1 aliphatic heterocycles. The maximum absolute atomic E-state index is 3.68. The Morgan fingerprint density at radius 2 is 1.83 bits per heavy atom. The molecule has 2 nitrogen and oxygen atoms in total. The maximum Gasteiger partial charge on any atom is 0.0478 e. The molecule has 0 spiro atoms. The van der Waals surface area contributed by atoms with Gasteiger partial charge in [0.2, 0.25) is 0 Å². The van der Waals surface area contributed by atoms with Crippen LogP contribution in [-0.2, 0) is 0 Å². The molecule has 1 aliphatic rings. The average Bonchev–Trinajstić information content (AvgIpc) is 2.34. The van der Waals surface area contributed by atoms with E-state index >= 15 is 0 Å². The van der Waals surface area contributed by atoms with Crippen LogP contribution in [0.15, 0.2) is 12.1 Å². The van der Waals surface area contributed by atoms with Crippen molar-refractivity contribution < 1.29 is 0 Å². The van der Waals surface area contributed by atoms with Gasteiger partial charge in [-0.3, -0.25) is 0 Å². The van der Waals surface area contributed by atoms with Crippen molar-refractivity contribution in [2.24, 2.45) is 0 Å². The zero-order valence-corrected chi connectivity index (χ0v) is 12.1. The zero-order chi connectivity index (χ0) is 13.1. The van der Waals surface area contributed by atoms with Gasteiger partial charge in [0.25, 0.3) is 0 Å². The van der Waals surface area contributed by atoms with Crippen molar-refractivity contribution in [3.63, 3.8) is 0 Å². The molecule has 1 aromatic carbocycles. The van der Waals surface area contributed by atoms with E-state index in [1.165, 1.54) is 41.5 Å². The minimum atomic E-state index is 0.436. The summed E-state index contributed by atoms with van der Waals surface area (Å²) in [4.78, 5) is 0. The van der Waals surface area contributed by atoms with Gasteiger partial charge >= 0.3 is 0 Å². The lowest BCUT2D eigenvalue weighted by Crippen LogP contribution is -2.44. The summed E-state index contributed by atoms with van der Waals surface area (Å²) in [5, 5.41) is 7.20. The van der Waals surface area contributed by atoms with Gasteiger partial charge < -0.3 is 10.6 Å². The topological polar surface area (TPSA) is 24.1 Å². The first-order chi connectivity index (χ1) is 8.63. The highest BCUT2D eigenvalue weighted by atomic mass is 15.0. The van der Waals surface area contributed by atoms with E-state index in [9.17, 15) is 0 Å². The second-order valence-electron chi connectivity index (χ2n) is 5.64. The van der Waals surface area contributed by atoms with Crippen LogP contribution in [-0.4, -0.2) is 19.6 Å². The lowest BCUT2D eigenvalue weighted by atomic mass is 9.87. The van der Waals surface area contributed by atoms with Crippen LogP contribution in [0.2, 0.25) is 0 Å². The molecule has 18 heavy (non-hydrogen) atoms. The van der Waals surface area contributed by atoms with Crippen LogP contribution in [0, 0.1) is 20.8 Å². The molecule has 1 fully saturated rings. The molecule has 2 unspecified atom stereocenters. The highest BCUT2D eigenvalue weighted by Gasteiger charge is 2.25. The first-order valence-corrected chi connectivity index (χ1v) is 7.12. The van der Waals surface area contributed by atoms with Crippen LogP contribution < -0.4 is 10.6 Å². The second kappa shape index (κ2) is 5.85. The van der Waals surface area contributed by atoms with E-state index in [2.05, 4.69) is 50.6 Å². The Kier molecular flexibility index (Phi) is 4.41. The summed E-state index contributed by atoms with van der Waals surface area (Å²) in [6, 6.07) is 5.61. The first-order valence-electron chi connectivity index (χ1n) is 7.12. The Balaban J connectivity index is 2.32. The Morgan fingerprint density at radius 1 is 1.17 bits per heavy atom. The van der Waals surface area contributed by atoms with E-state index in [1.807, 2.05) is 0 Å². The van der Waals surface area contributed by atoms with Crippen LogP contribution in [0.25, 0.3) is 0 Å². The van der Waals surface area contributed by atoms with Crippen molar-refractivity contribution in [1.82, 2.24) is 10.6 Å². The summed E-state index contributed by atoms with van der Waals surface area (Å²) >= 11 is 0. The lowest BCUT2D eigenvalue weighted by molar-refractivity contribution is 0.325. The quantitative estimate of drug-likeness (QED) is 0.856. The minimum absolute atomic E-state index is 0.436. The number of aryl methyl sites for hydroxylation is 3. The van der Waals surface area contributed by atoms with Gasteiger partial charge in [0.05, 0.1) is 0 Å². The SMILES string of the molecule is CNC(c1c(C)cc(C)cc1C)C1CCCCN1. The largest absolute Gasteiger partial charge is 0.312 e. The Bertz CT molecular complexity index is 383. The molecule has 2 atom stereocenters. The van der Waals surface area contributed by atoms with Crippen LogP contribution in [0.4, 0.5) is 0 Å². The Morgan fingerprint density at radius 3 is 2.33 bits per heavy atom. The van der Waals surface area contributed by atoms with E-state index in [1.54, 1.807) is 0 Å². The van der Waals surface area contributed by atoms with E-state index in [-0.39, 0.29) is 0 Å². The molecule has 1 aromatic rings. The average molecular weight is 246 g/mol. The fourth-order valence-corrected chi connectivity index (χ4v) is 3.39. The molecule has 0 amide bonds. The number of hydrogen-bond donors (Lipinski definition) is 2. The number of likely N-dealkylation sites (N-methyl/N-ethyl adjacent to an activating group) is 1. The lowest BCUT2D eigenvalue weighted by Gasteiger charge is -2.33. The predicted molar refractivity (Wildman–Crippen MR) is 78.1 cm³/mol. The van der Waals surface area contributed by atoms with Gasteiger partial charge in [0.1, 0.15) is 0 Å². The van der Waals surface area contributed by atoms with Gasteiger partial charge in [-0.05, 0) is 63.9 Å². The van der Waals surface area contributed by atoms with E-state index < -0.39 is 0 Å². The molecule has 1 saturated heterocycles. The molecule has 0 aliphatic carbocycles. The highest BCUT2D eigenvalue weighted by Crippen LogP contribution is 2.28. The maximum atomic E-state index is 3.68. The third-order valence-electron chi connectivity index (χ3n) is 4.11. The van der Waals surface area contributed by atoms with Crippen LogP contribution in [0.5, 0.6) is 0 Å². The molecule has 100 valence electrons. The number of piperidine rings is 1. The van der Waals surface area contributed by atoms with E-state index in [0.29, 0.717) is 12.1 Å². The van der Waals surface area contributed by atoms with E-state index in [0.717, 1.165) is 6.54 Å². The molecule has 2 rings (SSSR count). The normalized spacial score (nSPS) is 21.9. The molecular formula is C16H26N2. The molecule has 0 saturated carbocycles. The summed E-state index contributed by atoms with van der Waals surface area (Å²) in [7, 11) is 2.08. The monoisotopic (exact) mass is 246 g/mol. The van der Waals surface area contributed by atoms with Crippen molar-refractivity contribution in [2.45, 2.75) is 52.1 Å². The summed E-state index contributed by atoms with van der Waals surface area (Å²) in [5.74, 6) is 0. The predicted octanol–water partition coefficient (Wildman–Crippen LogP) is 3.01. The van der Waals surface area contributed by atoms with Crippen molar-refractivity contribution in [3.8, 4) is 0 Å². The summed E-state index contributed by atoms with van der Waals surface area (Å²) in [6.45, 7) is 7.81. The van der Waals surface area contributed by atoms with Crippen molar-refractivity contribution in [1.29, 1.82) is 0 Å². The fraction of sp³-hybridized carbons (Fsp3) is 0.625. The molecule has 0 bridgehead atoms. The molecule has 0 aromatic heterocycles. The van der Waals surface area contributed by atoms with Crippen molar-refractivity contribution in [2.75, 3.05) is 13.6 Å². The first kappa shape index (κ1) is 13.6. The van der Waals surface area contributed by atoms with Crippen molar-refractivity contribution in [3.05, 3.63) is 34.4 Å². The Labute approximate surface area is 111 Å². The third kappa shape index (κ3) is 2.76. The van der Waals surface area contributed by atoms with Gasteiger partial charge in [-0.25, -0.2) is 0 Å². The van der Waals surface area contributed by atoms with Gasteiger partial charge in [0, 0.05) is 12.1 Å². The van der Waals surface area contributed by atoms with Crippen LogP contribution in [0.3, 0.4) is 0 Å². The van der Waals surface area contributed by atoms with Gasteiger partial charge in [-0.2, -0.15) is 0 Å². The molecule has 2 N–H and O–H groups in total. The van der Waals surface area contributed by atoms with Gasteiger partial charge in [0.15, 0.2) is 0 Å². The molecular weight excluding hydrogens is 220 g/mol. The molecule has 2 heteroatoms. The fourth-order valence-electron chi connectivity index (χ4n) is 3.39. The number of rotatable bonds is 3. The second-order valence-corrected chi connectivity index (χ2v) is 5.64. The van der Waals surface area contributed by atoms with Crippen molar-refractivity contribution >= 4 is 0 Å². The minimum Gasteiger partial charge on any atom is -0.312 e. The third-order valence-corrected chi connectivity index (χ3v) is 4.11. The standard InChI is InChI=1S/C16H26N2/c1-11-9-12(2)15(13(3)10-11)16(17-4)14-7-5-6-8-18-14/h9-10,14,16-18H,5-8H2,1-4H3. The Hall–Kier alpha value is -0.860. The summed E-state index contributed by atoms with van der Waals surface area (Å²) in [6.07, 6.45) is 3.94. The van der Waals surface area contributed by atoms with E-state index in [4.69, 9.17) is 0 Å². The number of benzene rings is 1. The van der Waals surface area contributed by atoms with Gasteiger partial charge in [-0.1, -0.05) is 24.1 Å². The molecule has 1 heterocycles. The van der Waals surface area contributed by atoms with Gasteiger partial charge in [-0.15, -0.1) is 0 Å². The molecule has 0 radical (unpaired) electrons. The highest BCUT2D eigenvalue weighted by molar-refractivity contribution is 5.40. The zero-order valence-electron chi connectivity index (χ0n) is 12.1.